The van der Waals surface area contributed by atoms with Gasteiger partial charge in [-0.25, -0.2) is 0 Å². The molecule has 0 N–H and O–H groups in total. The van der Waals surface area contributed by atoms with Gasteiger partial charge in [-0.05, 0) is 33.3 Å². The first-order chi connectivity index (χ1) is 8.28. The molecule has 2 rings (SSSR count). The second-order valence-corrected chi connectivity index (χ2v) is 5.87. The molecule has 96 valence electrons. The summed E-state index contributed by atoms with van der Waals surface area (Å²) < 4.78 is 5.51. The first kappa shape index (κ1) is 12.8. The van der Waals surface area contributed by atoms with Crippen molar-refractivity contribution in [2.75, 3.05) is 0 Å². The van der Waals surface area contributed by atoms with Gasteiger partial charge in [-0.2, -0.15) is 0 Å². The molecule has 0 radical (unpaired) electrons. The van der Waals surface area contributed by atoms with Crippen LogP contribution in [0.5, 0.6) is 0 Å². The first-order valence-corrected chi connectivity index (χ1v) is 6.09. The molecule has 0 unspecified atom stereocenters. The summed E-state index contributed by atoms with van der Waals surface area (Å²) in [5.74, 6) is -0.513. The molecule has 1 aromatic carbocycles. The average molecular weight is 246 g/mol. The van der Waals surface area contributed by atoms with Gasteiger partial charge in [0.25, 0.3) is 0 Å². The number of carbonyl (C=O) groups is 2. The number of ether oxygens (including phenoxy) is 1. The van der Waals surface area contributed by atoms with Gasteiger partial charge >= 0.3 is 5.97 Å². The maximum absolute atomic E-state index is 12.5. The van der Waals surface area contributed by atoms with E-state index in [2.05, 4.69) is 0 Å². The molecule has 0 spiro atoms. The lowest BCUT2D eigenvalue weighted by Gasteiger charge is -2.43. The third-order valence-electron chi connectivity index (χ3n) is 3.65. The molecule has 1 aliphatic rings. The number of hydrogen-bond donors (Lipinski definition) is 0. The minimum absolute atomic E-state index is 0.0693. The van der Waals surface area contributed by atoms with E-state index in [4.69, 9.17) is 4.74 Å². The van der Waals surface area contributed by atoms with Gasteiger partial charge in [0, 0.05) is 0 Å². The number of Topliss-reactive ketones (excluding diaryl/α,β-unsaturated/α-hetero) is 1. The molecule has 0 aliphatic carbocycles. The zero-order valence-corrected chi connectivity index (χ0v) is 11.2. The zero-order chi connectivity index (χ0) is 13.6. The van der Waals surface area contributed by atoms with Crippen LogP contribution in [0.3, 0.4) is 0 Å². The van der Waals surface area contributed by atoms with E-state index in [9.17, 15) is 9.59 Å². The van der Waals surface area contributed by atoms with Crippen LogP contribution in [0.2, 0.25) is 0 Å². The van der Waals surface area contributed by atoms with Crippen molar-refractivity contribution in [3.05, 3.63) is 35.9 Å². The molecule has 0 amide bonds. The van der Waals surface area contributed by atoms with Crippen molar-refractivity contribution in [2.24, 2.45) is 10.8 Å². The summed E-state index contributed by atoms with van der Waals surface area (Å²) >= 11 is 0. The van der Waals surface area contributed by atoms with Gasteiger partial charge in [0.2, 0.25) is 0 Å². The van der Waals surface area contributed by atoms with Crippen molar-refractivity contribution in [1.82, 2.24) is 0 Å². The lowest BCUT2D eigenvalue weighted by molar-refractivity contribution is -0.186. The summed E-state index contributed by atoms with van der Waals surface area (Å²) in [7, 11) is 0. The molecule has 0 aromatic heterocycles. The van der Waals surface area contributed by atoms with Gasteiger partial charge in [-0.1, -0.05) is 30.3 Å². The first-order valence-electron chi connectivity index (χ1n) is 6.09. The second kappa shape index (κ2) is 3.94. The molecule has 0 saturated carbocycles. The number of benzene rings is 1. The van der Waals surface area contributed by atoms with Crippen molar-refractivity contribution in [2.45, 2.75) is 33.8 Å². The van der Waals surface area contributed by atoms with E-state index in [0.29, 0.717) is 0 Å². The standard InChI is InChI=1S/C15H18O3/c1-14(2)11(10-8-6-5-7-9-10)18-13(17)15(3,4)12(14)16/h5-9,11H,1-4H3/t11-/m0/s1. The maximum Gasteiger partial charge on any atom is 0.319 e. The van der Waals surface area contributed by atoms with Crippen LogP contribution in [0, 0.1) is 10.8 Å². The number of rotatable bonds is 1. The Labute approximate surface area is 107 Å². The largest absolute Gasteiger partial charge is 0.456 e. The predicted molar refractivity (Wildman–Crippen MR) is 67.8 cm³/mol. The number of carbonyl (C=O) groups excluding carboxylic acids is 2. The highest BCUT2D eigenvalue weighted by Gasteiger charge is 2.55. The average Bonchev–Trinajstić information content (AvgIpc) is 2.33. The molecular weight excluding hydrogens is 228 g/mol. The van der Waals surface area contributed by atoms with Crippen LogP contribution in [-0.4, -0.2) is 11.8 Å². The van der Waals surface area contributed by atoms with Crippen molar-refractivity contribution in [3.63, 3.8) is 0 Å². The molecule has 1 heterocycles. The van der Waals surface area contributed by atoms with Crippen LogP contribution in [0.4, 0.5) is 0 Å². The molecule has 3 heteroatoms. The van der Waals surface area contributed by atoms with E-state index in [-0.39, 0.29) is 5.78 Å². The number of cyclic esters (lactones) is 1. The van der Waals surface area contributed by atoms with Crippen LogP contribution in [0.25, 0.3) is 0 Å². The summed E-state index contributed by atoms with van der Waals surface area (Å²) in [6.07, 6.45) is -0.508. The smallest absolute Gasteiger partial charge is 0.319 e. The van der Waals surface area contributed by atoms with Crippen LogP contribution in [-0.2, 0) is 14.3 Å². The van der Waals surface area contributed by atoms with Crippen molar-refractivity contribution < 1.29 is 14.3 Å². The molecule has 3 nitrogen and oxygen atoms in total. The molecule has 1 fully saturated rings. The van der Waals surface area contributed by atoms with Gasteiger partial charge in [0.15, 0.2) is 5.78 Å². The maximum atomic E-state index is 12.5. The molecule has 0 bridgehead atoms. The van der Waals surface area contributed by atoms with Crippen LogP contribution in [0.15, 0.2) is 30.3 Å². The zero-order valence-electron chi connectivity index (χ0n) is 11.2. The Morgan fingerprint density at radius 1 is 1.00 bits per heavy atom. The topological polar surface area (TPSA) is 43.4 Å². The summed E-state index contributed by atoms with van der Waals surface area (Å²) in [6, 6.07) is 9.41. The van der Waals surface area contributed by atoms with E-state index in [1.54, 1.807) is 13.8 Å². The Kier molecular flexibility index (Phi) is 2.80. The Morgan fingerprint density at radius 3 is 2.11 bits per heavy atom. The van der Waals surface area contributed by atoms with Crippen molar-refractivity contribution in [1.29, 1.82) is 0 Å². The highest BCUT2D eigenvalue weighted by atomic mass is 16.5. The number of ketones is 1. The Balaban J connectivity index is 2.46. The summed E-state index contributed by atoms with van der Waals surface area (Å²) in [5.41, 5.74) is -0.909. The predicted octanol–water partition coefficient (Wildman–Crippen LogP) is 2.91. The number of esters is 1. The van der Waals surface area contributed by atoms with E-state index in [0.717, 1.165) is 5.56 Å². The minimum atomic E-state index is -1.06. The molecular formula is C15H18O3. The lowest BCUT2D eigenvalue weighted by Crippen LogP contribution is -2.52. The fourth-order valence-corrected chi connectivity index (χ4v) is 2.53. The molecule has 1 saturated heterocycles. The van der Waals surface area contributed by atoms with Gasteiger partial charge in [-0.15, -0.1) is 0 Å². The van der Waals surface area contributed by atoms with E-state index in [1.807, 2.05) is 44.2 Å². The second-order valence-electron chi connectivity index (χ2n) is 5.87. The highest BCUT2D eigenvalue weighted by Crippen LogP contribution is 2.47. The summed E-state index contributed by atoms with van der Waals surface area (Å²) in [6.45, 7) is 6.92. The van der Waals surface area contributed by atoms with Gasteiger partial charge < -0.3 is 4.74 Å². The Morgan fingerprint density at radius 2 is 1.56 bits per heavy atom. The van der Waals surface area contributed by atoms with Crippen LogP contribution >= 0.6 is 0 Å². The molecule has 18 heavy (non-hydrogen) atoms. The van der Waals surface area contributed by atoms with Crippen molar-refractivity contribution >= 4 is 11.8 Å². The SMILES string of the molecule is CC1(C)C(=O)O[C@@H](c2ccccc2)C(C)(C)C1=O. The highest BCUT2D eigenvalue weighted by molar-refractivity contribution is 6.07. The normalized spacial score (nSPS) is 25.7. The van der Waals surface area contributed by atoms with Gasteiger partial charge in [-0.3, -0.25) is 9.59 Å². The minimum Gasteiger partial charge on any atom is -0.456 e. The quantitative estimate of drug-likeness (QED) is 0.565. The number of hydrogen-bond acceptors (Lipinski definition) is 3. The third-order valence-corrected chi connectivity index (χ3v) is 3.65. The Bertz CT molecular complexity index is 486. The van der Waals surface area contributed by atoms with E-state index in [1.165, 1.54) is 0 Å². The fourth-order valence-electron chi connectivity index (χ4n) is 2.53. The van der Waals surface area contributed by atoms with Crippen molar-refractivity contribution in [3.8, 4) is 0 Å². The molecule has 1 aliphatic heterocycles. The Hall–Kier alpha value is -1.64. The lowest BCUT2D eigenvalue weighted by atomic mass is 9.67. The van der Waals surface area contributed by atoms with Crippen LogP contribution < -0.4 is 0 Å². The monoisotopic (exact) mass is 246 g/mol. The third kappa shape index (κ3) is 1.74. The van der Waals surface area contributed by atoms with E-state index < -0.39 is 22.9 Å². The summed E-state index contributed by atoms with van der Waals surface area (Å²) in [5, 5.41) is 0. The van der Waals surface area contributed by atoms with E-state index >= 15 is 0 Å². The van der Waals surface area contributed by atoms with Gasteiger partial charge in [0.1, 0.15) is 11.5 Å². The summed E-state index contributed by atoms with van der Waals surface area (Å²) in [4.78, 5) is 24.4. The molecule has 1 atom stereocenters. The molecule has 1 aromatic rings. The van der Waals surface area contributed by atoms with Crippen LogP contribution in [0.1, 0.15) is 39.4 Å². The fraction of sp³-hybridized carbons (Fsp3) is 0.467. The van der Waals surface area contributed by atoms with Gasteiger partial charge in [0.05, 0.1) is 5.41 Å².